The molecule has 0 bridgehead atoms. The highest BCUT2D eigenvalue weighted by atomic mass is 15.2. The molecule has 1 fully saturated rings. The van der Waals surface area contributed by atoms with E-state index >= 15 is 0 Å². The number of fused-ring (bicyclic) bond motifs is 4. The summed E-state index contributed by atoms with van der Waals surface area (Å²) in [7, 11) is 0. The van der Waals surface area contributed by atoms with Crippen LogP contribution in [-0.4, -0.2) is 38.7 Å². The maximum atomic E-state index is 5.10. The van der Waals surface area contributed by atoms with Gasteiger partial charge < -0.3 is 14.0 Å². The third-order valence-corrected chi connectivity index (χ3v) is 7.09. The van der Waals surface area contributed by atoms with Gasteiger partial charge in [0.15, 0.2) is 0 Å². The lowest BCUT2D eigenvalue weighted by Crippen LogP contribution is -2.32. The van der Waals surface area contributed by atoms with Crippen molar-refractivity contribution in [2.24, 2.45) is 0 Å². The minimum atomic E-state index is 0.970. The predicted molar refractivity (Wildman–Crippen MR) is 134 cm³/mol. The summed E-state index contributed by atoms with van der Waals surface area (Å²) in [4.78, 5) is 7.71. The maximum Gasteiger partial charge on any atom is 0.141 e. The van der Waals surface area contributed by atoms with E-state index in [2.05, 4.69) is 87.7 Å². The van der Waals surface area contributed by atoms with E-state index in [1.807, 2.05) is 0 Å². The topological polar surface area (TPSA) is 26.0 Å². The molecule has 3 heterocycles. The molecule has 5 aromatic rings. The van der Waals surface area contributed by atoms with E-state index in [4.69, 9.17) is 4.98 Å². The van der Waals surface area contributed by atoms with Crippen LogP contribution in [0.2, 0.25) is 0 Å². The fraction of sp³-hybridized carbons (Fsp3) is 0.321. The van der Waals surface area contributed by atoms with Crippen molar-refractivity contribution in [1.29, 1.82) is 0 Å². The van der Waals surface area contributed by atoms with Crippen molar-refractivity contribution >= 4 is 32.8 Å². The van der Waals surface area contributed by atoms with Crippen LogP contribution in [0.5, 0.6) is 0 Å². The molecule has 0 aliphatic carbocycles. The summed E-state index contributed by atoms with van der Waals surface area (Å²) in [5, 5.41) is 2.64. The Morgan fingerprint density at radius 3 is 2.31 bits per heavy atom. The molecule has 4 heteroatoms. The minimum absolute atomic E-state index is 0.970. The zero-order valence-corrected chi connectivity index (χ0v) is 18.8. The fourth-order valence-corrected chi connectivity index (χ4v) is 5.48. The van der Waals surface area contributed by atoms with Crippen LogP contribution in [-0.2, 0) is 13.1 Å². The number of para-hydroxylation sites is 3. The molecule has 32 heavy (non-hydrogen) atoms. The lowest BCUT2D eigenvalue weighted by Gasteiger charge is -2.26. The fourth-order valence-electron chi connectivity index (χ4n) is 5.48. The van der Waals surface area contributed by atoms with Crippen molar-refractivity contribution in [2.75, 3.05) is 19.6 Å². The van der Waals surface area contributed by atoms with E-state index < -0.39 is 0 Å². The summed E-state index contributed by atoms with van der Waals surface area (Å²) >= 11 is 0. The second kappa shape index (κ2) is 8.10. The van der Waals surface area contributed by atoms with Gasteiger partial charge in [0.1, 0.15) is 5.82 Å². The second-order valence-electron chi connectivity index (χ2n) is 8.97. The van der Waals surface area contributed by atoms with Gasteiger partial charge in [0, 0.05) is 47.0 Å². The summed E-state index contributed by atoms with van der Waals surface area (Å²) in [5.74, 6) is 1.08. The van der Waals surface area contributed by atoms with Crippen LogP contribution in [0.15, 0.2) is 66.7 Å². The van der Waals surface area contributed by atoms with E-state index in [1.54, 1.807) is 0 Å². The first-order valence-electron chi connectivity index (χ1n) is 12.0. The third kappa shape index (κ3) is 3.21. The summed E-state index contributed by atoms with van der Waals surface area (Å²) < 4.78 is 4.85. The van der Waals surface area contributed by atoms with Crippen molar-refractivity contribution in [1.82, 2.24) is 19.0 Å². The average Bonchev–Trinajstić information content (AvgIpc) is 3.38. The molecule has 0 amide bonds. The normalized spacial score (nSPS) is 15.3. The van der Waals surface area contributed by atoms with Crippen LogP contribution in [0.1, 0.15) is 26.2 Å². The molecule has 1 aliphatic heterocycles. The number of hydrogen-bond donors (Lipinski definition) is 0. The molecule has 0 atom stereocenters. The molecule has 162 valence electrons. The van der Waals surface area contributed by atoms with Gasteiger partial charge in [-0.3, -0.25) is 0 Å². The van der Waals surface area contributed by atoms with Gasteiger partial charge in [0.05, 0.1) is 11.0 Å². The molecule has 0 radical (unpaired) electrons. The monoisotopic (exact) mass is 422 g/mol. The number of benzene rings is 3. The molecule has 2 aromatic heterocycles. The average molecular weight is 423 g/mol. The molecule has 3 aromatic carbocycles. The lowest BCUT2D eigenvalue weighted by atomic mass is 10.1. The first-order chi connectivity index (χ1) is 15.8. The largest absolute Gasteiger partial charge is 0.341 e. The van der Waals surface area contributed by atoms with E-state index in [0.29, 0.717) is 0 Å². The SMILES string of the molecule is CCn1c2ccccc2c2cc(-c3nc4ccccc4n3CCN3CCCCC3)ccc21. The van der Waals surface area contributed by atoms with E-state index in [0.717, 1.165) is 31.0 Å². The van der Waals surface area contributed by atoms with Crippen LogP contribution in [0, 0.1) is 0 Å². The van der Waals surface area contributed by atoms with Crippen molar-refractivity contribution in [3.8, 4) is 11.4 Å². The van der Waals surface area contributed by atoms with Gasteiger partial charge in [0.25, 0.3) is 0 Å². The maximum absolute atomic E-state index is 5.10. The molecule has 4 nitrogen and oxygen atoms in total. The van der Waals surface area contributed by atoms with Gasteiger partial charge in [-0.05, 0) is 69.3 Å². The van der Waals surface area contributed by atoms with Gasteiger partial charge in [-0.25, -0.2) is 4.98 Å². The van der Waals surface area contributed by atoms with Crippen molar-refractivity contribution in [2.45, 2.75) is 39.3 Å². The molecule has 1 aliphatic rings. The number of aromatic nitrogens is 3. The molecule has 0 N–H and O–H groups in total. The van der Waals surface area contributed by atoms with E-state index in [9.17, 15) is 0 Å². The van der Waals surface area contributed by atoms with Crippen molar-refractivity contribution in [3.63, 3.8) is 0 Å². The first kappa shape index (κ1) is 19.6. The smallest absolute Gasteiger partial charge is 0.141 e. The Hall–Kier alpha value is -3.11. The summed E-state index contributed by atoms with van der Waals surface area (Å²) in [6.07, 6.45) is 4.03. The van der Waals surface area contributed by atoms with Gasteiger partial charge in [-0.1, -0.05) is 36.8 Å². The zero-order chi connectivity index (χ0) is 21.5. The summed E-state index contributed by atoms with van der Waals surface area (Å²) in [5.41, 5.74) is 6.12. The summed E-state index contributed by atoms with van der Waals surface area (Å²) in [6, 6.07) is 24.2. The zero-order valence-electron chi connectivity index (χ0n) is 18.8. The molecular formula is C28H30N4. The number of rotatable bonds is 5. The number of nitrogens with zero attached hydrogens (tertiary/aromatic N) is 4. The van der Waals surface area contributed by atoms with Gasteiger partial charge in [0.2, 0.25) is 0 Å². The Bertz CT molecular complexity index is 1400. The van der Waals surface area contributed by atoms with E-state index in [-0.39, 0.29) is 0 Å². The molecular weight excluding hydrogens is 392 g/mol. The van der Waals surface area contributed by atoms with Gasteiger partial charge >= 0.3 is 0 Å². The highest BCUT2D eigenvalue weighted by Crippen LogP contribution is 2.33. The Morgan fingerprint density at radius 2 is 1.47 bits per heavy atom. The Kier molecular flexibility index (Phi) is 4.95. The van der Waals surface area contributed by atoms with Crippen LogP contribution in [0.25, 0.3) is 44.2 Å². The Balaban J connectivity index is 1.48. The quantitative estimate of drug-likeness (QED) is 0.331. The molecule has 1 saturated heterocycles. The lowest BCUT2D eigenvalue weighted by molar-refractivity contribution is 0.222. The number of aryl methyl sites for hydroxylation is 1. The number of piperidine rings is 1. The van der Waals surface area contributed by atoms with E-state index in [1.165, 1.54) is 65.2 Å². The number of hydrogen-bond acceptors (Lipinski definition) is 2. The van der Waals surface area contributed by atoms with Gasteiger partial charge in [-0.2, -0.15) is 0 Å². The molecule has 0 spiro atoms. The molecule has 0 unspecified atom stereocenters. The van der Waals surface area contributed by atoms with Crippen LogP contribution in [0.4, 0.5) is 0 Å². The highest BCUT2D eigenvalue weighted by molar-refractivity contribution is 6.09. The molecule has 0 saturated carbocycles. The van der Waals surface area contributed by atoms with Crippen LogP contribution >= 0.6 is 0 Å². The Morgan fingerprint density at radius 1 is 0.719 bits per heavy atom. The van der Waals surface area contributed by atoms with Crippen LogP contribution in [0.3, 0.4) is 0 Å². The van der Waals surface area contributed by atoms with Crippen molar-refractivity contribution < 1.29 is 0 Å². The first-order valence-corrected chi connectivity index (χ1v) is 12.0. The summed E-state index contributed by atoms with van der Waals surface area (Å²) in [6.45, 7) is 7.71. The van der Waals surface area contributed by atoms with Crippen molar-refractivity contribution in [3.05, 3.63) is 66.7 Å². The highest BCUT2D eigenvalue weighted by Gasteiger charge is 2.17. The van der Waals surface area contributed by atoms with Crippen LogP contribution < -0.4 is 0 Å². The second-order valence-corrected chi connectivity index (χ2v) is 8.97. The predicted octanol–water partition coefficient (Wildman–Crippen LogP) is 6.32. The number of imidazole rings is 1. The Labute approximate surface area is 189 Å². The third-order valence-electron chi connectivity index (χ3n) is 7.09. The number of likely N-dealkylation sites (tertiary alicyclic amines) is 1. The van der Waals surface area contributed by atoms with Gasteiger partial charge in [-0.15, -0.1) is 0 Å². The minimum Gasteiger partial charge on any atom is -0.341 e. The standard InChI is InChI=1S/C28H30N4/c1-2-31-25-12-6-4-10-22(25)23-20-21(14-15-26(23)31)28-29-24-11-5-7-13-27(24)32(28)19-18-30-16-8-3-9-17-30/h4-7,10-15,20H,2-3,8-9,16-19H2,1H3. The molecule has 6 rings (SSSR count).